The third kappa shape index (κ3) is 3.30. The van der Waals surface area contributed by atoms with Crippen molar-refractivity contribution in [3.63, 3.8) is 0 Å². The summed E-state index contributed by atoms with van der Waals surface area (Å²) in [4.78, 5) is 11.1. The molecule has 0 bridgehead atoms. The number of rotatable bonds is 5. The van der Waals surface area contributed by atoms with Gasteiger partial charge < -0.3 is 15.6 Å². The molecular weight excluding hydrogens is 264 g/mol. The molecule has 0 spiro atoms. The number of nitrogens with zero attached hydrogens (tertiary/aromatic N) is 2. The van der Waals surface area contributed by atoms with E-state index in [1.54, 1.807) is 12.1 Å². The van der Waals surface area contributed by atoms with E-state index in [9.17, 15) is 4.79 Å². The molecule has 0 saturated heterocycles. The van der Waals surface area contributed by atoms with Gasteiger partial charge in [0.15, 0.2) is 0 Å². The van der Waals surface area contributed by atoms with Crippen LogP contribution in [-0.2, 0) is 20.1 Å². The zero-order chi connectivity index (χ0) is 15.4. The highest BCUT2D eigenvalue weighted by Crippen LogP contribution is 2.13. The van der Waals surface area contributed by atoms with E-state index >= 15 is 0 Å². The predicted molar refractivity (Wildman–Crippen MR) is 80.4 cm³/mol. The molecule has 0 fully saturated rings. The van der Waals surface area contributed by atoms with Crippen LogP contribution in [0.3, 0.4) is 0 Å². The smallest absolute Gasteiger partial charge is 0.248 e. The van der Waals surface area contributed by atoms with Gasteiger partial charge in [0.2, 0.25) is 5.91 Å². The molecule has 0 radical (unpaired) electrons. The van der Waals surface area contributed by atoms with Crippen LogP contribution in [-0.4, -0.2) is 10.5 Å². The molecule has 108 valence electrons. The monoisotopic (exact) mass is 282 g/mol. The lowest BCUT2D eigenvalue weighted by Crippen LogP contribution is -2.15. The molecule has 2 rings (SSSR count). The van der Waals surface area contributed by atoms with Crippen molar-refractivity contribution in [2.24, 2.45) is 12.8 Å². The average Bonchev–Trinajstić information content (AvgIpc) is 2.75. The zero-order valence-electron chi connectivity index (χ0n) is 12.2. The van der Waals surface area contributed by atoms with Gasteiger partial charge in [-0.1, -0.05) is 12.1 Å². The Morgan fingerprint density at radius 1 is 1.38 bits per heavy atom. The lowest BCUT2D eigenvalue weighted by Gasteiger charge is -2.06. The second-order valence-corrected chi connectivity index (χ2v) is 4.98. The Hall–Kier alpha value is -2.58. The summed E-state index contributed by atoms with van der Waals surface area (Å²) in [5.41, 5.74) is 9.60. The van der Waals surface area contributed by atoms with Gasteiger partial charge in [0.1, 0.15) is 11.8 Å². The Morgan fingerprint density at radius 3 is 2.76 bits per heavy atom. The largest absolute Gasteiger partial charge is 0.366 e. The van der Waals surface area contributed by atoms with Gasteiger partial charge >= 0.3 is 0 Å². The summed E-state index contributed by atoms with van der Waals surface area (Å²) in [6.07, 6.45) is 0. The molecule has 5 heteroatoms. The van der Waals surface area contributed by atoms with Crippen LogP contribution in [0.15, 0.2) is 30.3 Å². The Morgan fingerprint density at radius 2 is 2.14 bits per heavy atom. The Labute approximate surface area is 124 Å². The van der Waals surface area contributed by atoms with Crippen molar-refractivity contribution in [3.8, 4) is 6.07 Å². The van der Waals surface area contributed by atoms with Crippen molar-refractivity contribution in [2.45, 2.75) is 20.0 Å². The van der Waals surface area contributed by atoms with Crippen LogP contribution in [0.2, 0.25) is 0 Å². The number of benzene rings is 1. The summed E-state index contributed by atoms with van der Waals surface area (Å²) in [5, 5.41) is 12.3. The first-order chi connectivity index (χ1) is 10.0. The van der Waals surface area contributed by atoms with E-state index in [0.29, 0.717) is 24.3 Å². The van der Waals surface area contributed by atoms with E-state index < -0.39 is 5.91 Å². The molecule has 1 heterocycles. The van der Waals surface area contributed by atoms with Crippen LogP contribution < -0.4 is 11.1 Å². The second-order valence-electron chi connectivity index (χ2n) is 4.98. The standard InChI is InChI=1S/C16H18N4O/c1-11-14(7-15(8-17)20(11)2)10-19-9-12-4-3-5-13(6-12)16(18)21/h3-7,19H,9-10H2,1-2H3,(H2,18,21). The van der Waals surface area contributed by atoms with Crippen molar-refractivity contribution < 1.29 is 4.79 Å². The minimum Gasteiger partial charge on any atom is -0.366 e. The lowest BCUT2D eigenvalue weighted by atomic mass is 10.1. The van der Waals surface area contributed by atoms with Gasteiger partial charge in [0.05, 0.1) is 0 Å². The molecule has 0 aliphatic heterocycles. The Balaban J connectivity index is 2.00. The molecule has 1 aromatic carbocycles. The molecule has 0 saturated carbocycles. The lowest BCUT2D eigenvalue weighted by molar-refractivity contribution is 0.1000. The number of aromatic nitrogens is 1. The van der Waals surface area contributed by atoms with Crippen LogP contribution >= 0.6 is 0 Å². The molecular formula is C16H18N4O. The molecule has 0 unspecified atom stereocenters. The van der Waals surface area contributed by atoms with Gasteiger partial charge in [-0.3, -0.25) is 4.79 Å². The van der Waals surface area contributed by atoms with E-state index in [1.807, 2.05) is 36.7 Å². The van der Waals surface area contributed by atoms with Crippen LogP contribution in [0.4, 0.5) is 0 Å². The van der Waals surface area contributed by atoms with Crippen molar-refractivity contribution in [1.29, 1.82) is 5.26 Å². The summed E-state index contributed by atoms with van der Waals surface area (Å²) < 4.78 is 1.88. The fourth-order valence-electron chi connectivity index (χ4n) is 2.22. The number of primary amides is 1. The third-order valence-corrected chi connectivity index (χ3v) is 3.61. The first kappa shape index (κ1) is 14.8. The molecule has 5 nitrogen and oxygen atoms in total. The first-order valence-corrected chi connectivity index (χ1v) is 6.67. The molecule has 3 N–H and O–H groups in total. The highest BCUT2D eigenvalue weighted by molar-refractivity contribution is 5.92. The Kier molecular flexibility index (Phi) is 4.41. The van der Waals surface area contributed by atoms with E-state index in [1.165, 1.54) is 0 Å². The van der Waals surface area contributed by atoms with Gasteiger partial charge in [-0.25, -0.2) is 0 Å². The third-order valence-electron chi connectivity index (χ3n) is 3.61. The summed E-state index contributed by atoms with van der Waals surface area (Å²) in [6, 6.07) is 11.3. The zero-order valence-corrected chi connectivity index (χ0v) is 12.2. The van der Waals surface area contributed by atoms with Gasteiger partial charge in [0.25, 0.3) is 0 Å². The maximum Gasteiger partial charge on any atom is 0.248 e. The average molecular weight is 282 g/mol. The van der Waals surface area contributed by atoms with Gasteiger partial charge in [-0.05, 0) is 36.2 Å². The number of amides is 1. The second kappa shape index (κ2) is 6.25. The number of nitrogens with one attached hydrogen (secondary N) is 1. The number of nitriles is 1. The van der Waals surface area contributed by atoms with Gasteiger partial charge in [-0.2, -0.15) is 5.26 Å². The summed E-state index contributed by atoms with van der Waals surface area (Å²) in [5.74, 6) is -0.422. The highest BCUT2D eigenvalue weighted by Gasteiger charge is 2.08. The van der Waals surface area contributed by atoms with Crippen molar-refractivity contribution in [2.75, 3.05) is 0 Å². The maximum absolute atomic E-state index is 11.1. The molecule has 1 amide bonds. The number of hydrogen-bond acceptors (Lipinski definition) is 3. The quantitative estimate of drug-likeness (QED) is 0.873. The topological polar surface area (TPSA) is 83.8 Å². The predicted octanol–water partition coefficient (Wildman–Crippen LogP) is 1.59. The van der Waals surface area contributed by atoms with Crippen LogP contribution in [0.1, 0.15) is 32.9 Å². The summed E-state index contributed by atoms with van der Waals surface area (Å²) in [7, 11) is 1.88. The summed E-state index contributed by atoms with van der Waals surface area (Å²) >= 11 is 0. The number of nitrogens with two attached hydrogens (primary N) is 1. The van der Waals surface area contributed by atoms with Crippen LogP contribution in [0, 0.1) is 18.3 Å². The molecule has 0 aliphatic carbocycles. The minimum absolute atomic E-state index is 0.422. The normalized spacial score (nSPS) is 10.3. The van der Waals surface area contributed by atoms with E-state index in [-0.39, 0.29) is 0 Å². The van der Waals surface area contributed by atoms with Crippen molar-refractivity contribution >= 4 is 5.91 Å². The number of carbonyl (C=O) groups excluding carboxylic acids is 1. The molecule has 2 aromatic rings. The summed E-state index contributed by atoms with van der Waals surface area (Å²) in [6.45, 7) is 3.30. The molecule has 21 heavy (non-hydrogen) atoms. The molecule has 0 aliphatic rings. The first-order valence-electron chi connectivity index (χ1n) is 6.67. The number of hydrogen-bond donors (Lipinski definition) is 2. The van der Waals surface area contributed by atoms with Gasteiger partial charge in [-0.15, -0.1) is 0 Å². The Bertz CT molecular complexity index is 710. The highest BCUT2D eigenvalue weighted by atomic mass is 16.1. The fourth-order valence-corrected chi connectivity index (χ4v) is 2.22. The van der Waals surface area contributed by atoms with E-state index in [4.69, 9.17) is 11.0 Å². The van der Waals surface area contributed by atoms with Crippen LogP contribution in [0.25, 0.3) is 0 Å². The van der Waals surface area contributed by atoms with Crippen LogP contribution in [0.5, 0.6) is 0 Å². The van der Waals surface area contributed by atoms with Crippen molar-refractivity contribution in [3.05, 3.63) is 58.4 Å². The van der Waals surface area contributed by atoms with E-state index in [2.05, 4.69) is 11.4 Å². The molecule has 0 atom stereocenters. The molecule has 1 aromatic heterocycles. The minimum atomic E-state index is -0.422. The fraction of sp³-hybridized carbons (Fsp3) is 0.250. The SMILES string of the molecule is Cc1c(CNCc2cccc(C(N)=O)c2)cc(C#N)n1C. The maximum atomic E-state index is 11.1. The van der Waals surface area contributed by atoms with Crippen molar-refractivity contribution in [1.82, 2.24) is 9.88 Å². The number of carbonyl (C=O) groups is 1. The van der Waals surface area contributed by atoms with Gasteiger partial charge in [0, 0.05) is 31.4 Å². The van der Waals surface area contributed by atoms with E-state index in [0.717, 1.165) is 16.8 Å².